The summed E-state index contributed by atoms with van der Waals surface area (Å²) in [6.45, 7) is 1.97. The molecule has 1 saturated heterocycles. The fraction of sp³-hybridized carbons (Fsp3) is 0.357. The van der Waals surface area contributed by atoms with Crippen LogP contribution in [0, 0.1) is 0 Å². The molecule has 1 aromatic carbocycles. The van der Waals surface area contributed by atoms with Crippen molar-refractivity contribution in [2.45, 2.75) is 25.4 Å². The molecule has 0 saturated carbocycles. The Kier molecular flexibility index (Phi) is 3.27. The summed E-state index contributed by atoms with van der Waals surface area (Å²) in [5, 5.41) is 4.13. The molecule has 2 unspecified atom stereocenters. The van der Waals surface area contributed by atoms with Gasteiger partial charge in [0.25, 0.3) is 0 Å². The molecule has 20 heavy (non-hydrogen) atoms. The van der Waals surface area contributed by atoms with Crippen molar-refractivity contribution >= 4 is 33.4 Å². The minimum absolute atomic E-state index is 0.0550. The molecule has 0 spiro atoms. The topological polar surface area (TPSA) is 62.3 Å². The van der Waals surface area contributed by atoms with Gasteiger partial charge in [0.2, 0.25) is 11.8 Å². The molecular formula is C14H15N3O2S. The standard InChI is InChI=1S/C14H15N3O2S/c1-8(15-10-7-12(18)17(2)14(10)19)13-16-9-5-3-4-6-11(9)20-13/h3-6,8,10,15H,7H2,1-2H3. The SMILES string of the molecule is CC(NC1CC(=O)N(C)C1=O)c1nc2ccccc2s1. The fourth-order valence-corrected chi connectivity index (χ4v) is 3.31. The molecule has 5 nitrogen and oxygen atoms in total. The molecule has 1 aromatic heterocycles. The summed E-state index contributed by atoms with van der Waals surface area (Å²) in [5.74, 6) is -0.299. The van der Waals surface area contributed by atoms with Crippen molar-refractivity contribution in [3.05, 3.63) is 29.3 Å². The summed E-state index contributed by atoms with van der Waals surface area (Å²) in [7, 11) is 1.52. The van der Waals surface area contributed by atoms with Crippen molar-refractivity contribution in [3.8, 4) is 0 Å². The largest absolute Gasteiger partial charge is 0.297 e. The number of rotatable bonds is 3. The van der Waals surface area contributed by atoms with Gasteiger partial charge in [-0.15, -0.1) is 11.3 Å². The maximum absolute atomic E-state index is 11.9. The van der Waals surface area contributed by atoms with Crippen molar-refractivity contribution in [2.75, 3.05) is 7.05 Å². The van der Waals surface area contributed by atoms with Gasteiger partial charge in [-0.1, -0.05) is 12.1 Å². The van der Waals surface area contributed by atoms with Crippen molar-refractivity contribution in [3.63, 3.8) is 0 Å². The average Bonchev–Trinajstić information content (AvgIpc) is 2.97. The van der Waals surface area contributed by atoms with Crippen LogP contribution in [0.15, 0.2) is 24.3 Å². The van der Waals surface area contributed by atoms with Crippen molar-refractivity contribution in [1.29, 1.82) is 0 Å². The molecular weight excluding hydrogens is 274 g/mol. The van der Waals surface area contributed by atoms with Gasteiger partial charge in [-0.25, -0.2) is 4.98 Å². The van der Waals surface area contributed by atoms with Crippen molar-refractivity contribution < 1.29 is 9.59 Å². The van der Waals surface area contributed by atoms with Crippen molar-refractivity contribution in [1.82, 2.24) is 15.2 Å². The number of fused-ring (bicyclic) bond motifs is 1. The van der Waals surface area contributed by atoms with Gasteiger partial charge in [0.15, 0.2) is 0 Å². The summed E-state index contributed by atoms with van der Waals surface area (Å²) < 4.78 is 1.13. The molecule has 1 aliphatic rings. The van der Waals surface area contributed by atoms with Crippen LogP contribution in [0.1, 0.15) is 24.4 Å². The maximum atomic E-state index is 11.9. The zero-order valence-electron chi connectivity index (χ0n) is 11.3. The minimum atomic E-state index is -0.436. The predicted octanol–water partition coefficient (Wildman–Crippen LogP) is 1.70. The van der Waals surface area contributed by atoms with E-state index in [0.29, 0.717) is 0 Å². The second-order valence-electron chi connectivity index (χ2n) is 4.96. The number of likely N-dealkylation sites (tertiary alicyclic amines) is 1. The molecule has 6 heteroatoms. The predicted molar refractivity (Wildman–Crippen MR) is 77.4 cm³/mol. The number of imide groups is 1. The second kappa shape index (κ2) is 4.96. The first kappa shape index (κ1) is 13.2. The van der Waals surface area contributed by atoms with Gasteiger partial charge in [0.05, 0.1) is 28.7 Å². The fourth-order valence-electron chi connectivity index (χ4n) is 2.33. The Morgan fingerprint density at radius 2 is 2.15 bits per heavy atom. The number of nitrogens with one attached hydrogen (secondary N) is 1. The number of thiazole rings is 1. The number of benzene rings is 1. The third kappa shape index (κ3) is 2.21. The van der Waals surface area contributed by atoms with Gasteiger partial charge in [-0.3, -0.25) is 19.8 Å². The lowest BCUT2D eigenvalue weighted by Crippen LogP contribution is -2.38. The van der Waals surface area contributed by atoms with E-state index in [0.717, 1.165) is 15.2 Å². The molecule has 2 amide bonds. The van der Waals surface area contributed by atoms with Crippen LogP contribution in [-0.4, -0.2) is 34.8 Å². The van der Waals surface area contributed by atoms with Crippen LogP contribution in [0.5, 0.6) is 0 Å². The number of carbonyl (C=O) groups is 2. The summed E-state index contributed by atoms with van der Waals surface area (Å²) >= 11 is 1.61. The molecule has 2 atom stereocenters. The number of aromatic nitrogens is 1. The zero-order valence-corrected chi connectivity index (χ0v) is 12.1. The van der Waals surface area contributed by atoms with Crippen LogP contribution in [0.3, 0.4) is 0 Å². The number of carbonyl (C=O) groups excluding carboxylic acids is 2. The smallest absolute Gasteiger partial charge is 0.246 e. The van der Waals surface area contributed by atoms with Gasteiger partial charge in [-0.05, 0) is 19.1 Å². The van der Waals surface area contributed by atoms with Crippen molar-refractivity contribution in [2.24, 2.45) is 0 Å². The highest BCUT2D eigenvalue weighted by atomic mass is 32.1. The molecule has 1 fully saturated rings. The van der Waals surface area contributed by atoms with Crippen LogP contribution < -0.4 is 5.32 Å². The van der Waals surface area contributed by atoms with Gasteiger partial charge in [0, 0.05) is 7.05 Å². The zero-order chi connectivity index (χ0) is 14.3. The Hall–Kier alpha value is -1.79. The molecule has 0 bridgehead atoms. The molecule has 0 radical (unpaired) electrons. The highest BCUT2D eigenvalue weighted by Gasteiger charge is 2.36. The van der Waals surface area contributed by atoms with Crippen LogP contribution >= 0.6 is 11.3 Å². The van der Waals surface area contributed by atoms with E-state index < -0.39 is 6.04 Å². The van der Waals surface area contributed by atoms with E-state index in [-0.39, 0.29) is 24.3 Å². The van der Waals surface area contributed by atoms with Gasteiger partial charge < -0.3 is 0 Å². The third-order valence-electron chi connectivity index (χ3n) is 3.51. The van der Waals surface area contributed by atoms with Gasteiger partial charge in [0.1, 0.15) is 5.01 Å². The lowest BCUT2D eigenvalue weighted by Gasteiger charge is -2.15. The molecule has 3 rings (SSSR count). The Balaban J connectivity index is 1.78. The normalized spacial score (nSPS) is 20.9. The summed E-state index contributed by atoms with van der Waals surface area (Å²) in [6.07, 6.45) is 0.227. The Labute approximate surface area is 120 Å². The first-order valence-corrected chi connectivity index (χ1v) is 7.30. The highest BCUT2D eigenvalue weighted by Crippen LogP contribution is 2.27. The molecule has 1 aliphatic heterocycles. The molecule has 104 valence electrons. The van der Waals surface area contributed by atoms with E-state index in [9.17, 15) is 9.59 Å². The summed E-state index contributed by atoms with van der Waals surface area (Å²) in [5.41, 5.74) is 0.965. The third-order valence-corrected chi connectivity index (χ3v) is 4.73. The number of nitrogens with zero attached hydrogens (tertiary/aromatic N) is 2. The Bertz CT molecular complexity index is 649. The van der Waals surface area contributed by atoms with Crippen LogP contribution in [0.4, 0.5) is 0 Å². The van der Waals surface area contributed by atoms with E-state index in [4.69, 9.17) is 0 Å². The lowest BCUT2D eigenvalue weighted by atomic mass is 10.2. The highest BCUT2D eigenvalue weighted by molar-refractivity contribution is 7.18. The van der Waals surface area contributed by atoms with E-state index >= 15 is 0 Å². The first-order valence-electron chi connectivity index (χ1n) is 6.48. The van der Waals surface area contributed by atoms with E-state index in [1.807, 2.05) is 31.2 Å². The van der Waals surface area contributed by atoms with Crippen LogP contribution in [0.25, 0.3) is 10.2 Å². The van der Waals surface area contributed by atoms with E-state index in [2.05, 4.69) is 10.3 Å². The Morgan fingerprint density at radius 3 is 2.80 bits per heavy atom. The maximum Gasteiger partial charge on any atom is 0.246 e. The molecule has 0 aliphatic carbocycles. The molecule has 1 N–H and O–H groups in total. The number of hydrogen-bond acceptors (Lipinski definition) is 5. The van der Waals surface area contributed by atoms with E-state index in [1.54, 1.807) is 11.3 Å². The summed E-state index contributed by atoms with van der Waals surface area (Å²) in [4.78, 5) is 29.1. The number of likely N-dealkylation sites (N-methyl/N-ethyl adjacent to an activating group) is 1. The number of hydrogen-bond donors (Lipinski definition) is 1. The lowest BCUT2D eigenvalue weighted by molar-refractivity contribution is -0.137. The number of para-hydroxylation sites is 1. The number of amides is 2. The van der Waals surface area contributed by atoms with E-state index in [1.165, 1.54) is 11.9 Å². The average molecular weight is 289 g/mol. The van der Waals surface area contributed by atoms with Crippen LogP contribution in [-0.2, 0) is 9.59 Å². The van der Waals surface area contributed by atoms with Gasteiger partial charge in [-0.2, -0.15) is 0 Å². The quantitative estimate of drug-likeness (QED) is 0.874. The molecule has 2 aromatic rings. The summed E-state index contributed by atoms with van der Waals surface area (Å²) in [6, 6.07) is 7.45. The minimum Gasteiger partial charge on any atom is -0.297 e. The second-order valence-corrected chi connectivity index (χ2v) is 6.02. The monoisotopic (exact) mass is 289 g/mol. The first-order chi connectivity index (χ1) is 9.56. The molecule has 2 heterocycles. The van der Waals surface area contributed by atoms with Crippen LogP contribution in [0.2, 0.25) is 0 Å². The van der Waals surface area contributed by atoms with Gasteiger partial charge >= 0.3 is 0 Å². The Morgan fingerprint density at radius 1 is 1.40 bits per heavy atom.